The molecule has 0 unspecified atom stereocenters. The quantitative estimate of drug-likeness (QED) is 0.605. The summed E-state index contributed by atoms with van der Waals surface area (Å²) >= 11 is 0. The van der Waals surface area contributed by atoms with Crippen LogP contribution in [0.2, 0.25) is 0 Å². The first kappa shape index (κ1) is 15.8. The Bertz CT molecular complexity index is 648. The Balaban J connectivity index is 2.24. The van der Waals surface area contributed by atoms with E-state index < -0.39 is 0 Å². The van der Waals surface area contributed by atoms with E-state index in [1.54, 1.807) is 0 Å². The molecular weight excluding hydrogens is 266 g/mol. The number of hydrogen-bond acceptors (Lipinski definition) is 1. The van der Waals surface area contributed by atoms with Gasteiger partial charge in [0.1, 0.15) is 0 Å². The Labute approximate surface area is 133 Å². The molecule has 0 amide bonds. The average Bonchev–Trinajstić information content (AvgIpc) is 2.54. The highest BCUT2D eigenvalue weighted by Crippen LogP contribution is 2.25. The van der Waals surface area contributed by atoms with E-state index in [1.807, 2.05) is 18.2 Å². The lowest BCUT2D eigenvalue weighted by Crippen LogP contribution is -2.16. The van der Waals surface area contributed by atoms with E-state index >= 15 is 0 Å². The van der Waals surface area contributed by atoms with E-state index in [2.05, 4.69) is 86.0 Å². The van der Waals surface area contributed by atoms with Crippen molar-refractivity contribution in [1.82, 2.24) is 0 Å². The maximum atomic E-state index is 3.73. The third kappa shape index (κ3) is 4.49. The summed E-state index contributed by atoms with van der Waals surface area (Å²) in [7, 11) is 0. The molecule has 22 heavy (non-hydrogen) atoms. The molecule has 0 radical (unpaired) electrons. The lowest BCUT2D eigenvalue weighted by Gasteiger charge is -2.23. The monoisotopic (exact) mass is 289 g/mol. The first-order valence-corrected chi connectivity index (χ1v) is 7.56. The summed E-state index contributed by atoms with van der Waals surface area (Å²) < 4.78 is 0. The fraction of sp³-hybridized carbons (Fsp3) is 0.143. The highest BCUT2D eigenvalue weighted by molar-refractivity contribution is 5.63. The zero-order chi connectivity index (χ0) is 15.8. The molecule has 0 aliphatic carbocycles. The minimum Gasteiger partial charge on any atom is -0.338 e. The van der Waals surface area contributed by atoms with Gasteiger partial charge in [0.05, 0.1) is 0 Å². The summed E-state index contributed by atoms with van der Waals surface area (Å²) in [5, 5.41) is 0. The van der Waals surface area contributed by atoms with Crippen LogP contribution in [0.25, 0.3) is 0 Å². The summed E-state index contributed by atoms with van der Waals surface area (Å²) in [6.07, 6.45) is 8.14. The number of aryl methyl sites for hydroxylation is 1. The molecule has 0 bridgehead atoms. The topological polar surface area (TPSA) is 3.24 Å². The van der Waals surface area contributed by atoms with Gasteiger partial charge in [-0.1, -0.05) is 72.4 Å². The van der Waals surface area contributed by atoms with E-state index in [-0.39, 0.29) is 0 Å². The molecule has 0 spiro atoms. The van der Waals surface area contributed by atoms with Crippen LogP contribution in [-0.4, -0.2) is 6.54 Å². The highest BCUT2D eigenvalue weighted by atomic mass is 15.1. The number of anilines is 2. The molecule has 0 aliphatic heterocycles. The fourth-order valence-electron chi connectivity index (χ4n) is 2.28. The summed E-state index contributed by atoms with van der Waals surface area (Å²) in [5.74, 6) is 0. The number of rotatable bonds is 6. The summed E-state index contributed by atoms with van der Waals surface area (Å²) in [6.45, 7) is 8.75. The van der Waals surface area contributed by atoms with Crippen molar-refractivity contribution in [3.8, 4) is 0 Å². The van der Waals surface area contributed by atoms with Crippen LogP contribution < -0.4 is 4.90 Å². The van der Waals surface area contributed by atoms with Gasteiger partial charge in [0.2, 0.25) is 0 Å². The number of nitrogens with zero attached hydrogens (tertiary/aromatic N) is 1. The van der Waals surface area contributed by atoms with Crippen LogP contribution in [0, 0.1) is 6.92 Å². The van der Waals surface area contributed by atoms with Crippen LogP contribution in [-0.2, 0) is 0 Å². The molecule has 0 saturated heterocycles. The van der Waals surface area contributed by atoms with E-state index in [9.17, 15) is 0 Å². The van der Waals surface area contributed by atoms with E-state index in [0.29, 0.717) is 0 Å². The first-order chi connectivity index (χ1) is 10.7. The Kier molecular flexibility index (Phi) is 5.79. The SMILES string of the molecule is C=C/C=C(C)\C=C/CN(c1ccccc1)c1ccc(C)cc1. The summed E-state index contributed by atoms with van der Waals surface area (Å²) in [4.78, 5) is 2.30. The van der Waals surface area contributed by atoms with Gasteiger partial charge in [-0.3, -0.25) is 0 Å². The minimum absolute atomic E-state index is 0.829. The molecular formula is C21H23N. The standard InChI is InChI=1S/C21H23N/c1-4-9-18(2)10-8-17-22(20-11-6-5-7-12-20)21-15-13-19(3)14-16-21/h4-16H,1,17H2,2-3H3/b10-8-,18-9-. The van der Waals surface area contributed by atoms with Crippen LogP contribution in [0.15, 0.2) is 91.1 Å². The van der Waals surface area contributed by atoms with Gasteiger partial charge in [0.15, 0.2) is 0 Å². The van der Waals surface area contributed by atoms with E-state index in [0.717, 1.165) is 6.54 Å². The molecule has 0 saturated carbocycles. The van der Waals surface area contributed by atoms with E-state index in [1.165, 1.54) is 22.5 Å². The van der Waals surface area contributed by atoms with Crippen molar-refractivity contribution in [3.05, 3.63) is 96.6 Å². The number of para-hydroxylation sites is 1. The largest absolute Gasteiger partial charge is 0.338 e. The maximum absolute atomic E-state index is 3.73. The second kappa shape index (κ2) is 8.04. The number of benzene rings is 2. The first-order valence-electron chi connectivity index (χ1n) is 7.56. The molecule has 112 valence electrons. The summed E-state index contributed by atoms with van der Waals surface area (Å²) in [5.41, 5.74) is 4.87. The second-order valence-corrected chi connectivity index (χ2v) is 5.33. The smallest absolute Gasteiger partial charge is 0.0415 e. The zero-order valence-corrected chi connectivity index (χ0v) is 13.4. The Morgan fingerprint density at radius 1 is 1.00 bits per heavy atom. The molecule has 0 N–H and O–H groups in total. The van der Waals surface area contributed by atoms with Gasteiger partial charge >= 0.3 is 0 Å². The van der Waals surface area contributed by atoms with Crippen molar-refractivity contribution in [3.63, 3.8) is 0 Å². The zero-order valence-electron chi connectivity index (χ0n) is 13.4. The second-order valence-electron chi connectivity index (χ2n) is 5.33. The highest BCUT2D eigenvalue weighted by Gasteiger charge is 2.06. The molecule has 1 nitrogen and oxygen atoms in total. The predicted octanol–water partition coefficient (Wildman–Crippen LogP) is 5.82. The van der Waals surface area contributed by atoms with Crippen LogP contribution in [0.4, 0.5) is 11.4 Å². The maximum Gasteiger partial charge on any atom is 0.0415 e. The Hall–Kier alpha value is -2.54. The molecule has 2 aromatic rings. The molecule has 1 heteroatoms. The van der Waals surface area contributed by atoms with Crippen LogP contribution in [0.3, 0.4) is 0 Å². The molecule has 0 heterocycles. The Morgan fingerprint density at radius 2 is 1.64 bits per heavy atom. The van der Waals surface area contributed by atoms with Crippen LogP contribution in [0.1, 0.15) is 12.5 Å². The van der Waals surface area contributed by atoms with E-state index in [4.69, 9.17) is 0 Å². The van der Waals surface area contributed by atoms with Gasteiger partial charge in [0, 0.05) is 17.9 Å². The third-order valence-electron chi connectivity index (χ3n) is 3.46. The molecule has 2 aromatic carbocycles. The lowest BCUT2D eigenvalue weighted by molar-refractivity contribution is 1.09. The van der Waals surface area contributed by atoms with Crippen LogP contribution >= 0.6 is 0 Å². The van der Waals surface area contributed by atoms with Crippen molar-refractivity contribution < 1.29 is 0 Å². The molecule has 0 atom stereocenters. The van der Waals surface area contributed by atoms with Crippen molar-refractivity contribution in [2.24, 2.45) is 0 Å². The van der Waals surface area contributed by atoms with Crippen molar-refractivity contribution in [1.29, 1.82) is 0 Å². The van der Waals surface area contributed by atoms with Gasteiger partial charge in [-0.05, 0) is 38.1 Å². The van der Waals surface area contributed by atoms with Crippen LogP contribution in [0.5, 0.6) is 0 Å². The number of allylic oxidation sites excluding steroid dienone is 4. The van der Waals surface area contributed by atoms with Gasteiger partial charge < -0.3 is 4.90 Å². The van der Waals surface area contributed by atoms with Gasteiger partial charge in [0.25, 0.3) is 0 Å². The lowest BCUT2D eigenvalue weighted by atomic mass is 10.2. The Morgan fingerprint density at radius 3 is 2.27 bits per heavy atom. The molecule has 0 fully saturated rings. The van der Waals surface area contributed by atoms with Crippen molar-refractivity contribution in [2.75, 3.05) is 11.4 Å². The van der Waals surface area contributed by atoms with Crippen molar-refractivity contribution >= 4 is 11.4 Å². The van der Waals surface area contributed by atoms with Crippen molar-refractivity contribution in [2.45, 2.75) is 13.8 Å². The average molecular weight is 289 g/mol. The number of hydrogen-bond donors (Lipinski definition) is 0. The fourth-order valence-corrected chi connectivity index (χ4v) is 2.28. The molecule has 2 rings (SSSR count). The molecule has 0 aliphatic rings. The minimum atomic E-state index is 0.829. The summed E-state index contributed by atoms with van der Waals surface area (Å²) in [6, 6.07) is 19.1. The van der Waals surface area contributed by atoms with Gasteiger partial charge in [-0.25, -0.2) is 0 Å². The predicted molar refractivity (Wildman–Crippen MR) is 97.7 cm³/mol. The van der Waals surface area contributed by atoms with Gasteiger partial charge in [-0.2, -0.15) is 0 Å². The molecule has 0 aromatic heterocycles. The third-order valence-corrected chi connectivity index (χ3v) is 3.46. The normalized spacial score (nSPS) is 11.6. The van der Waals surface area contributed by atoms with Gasteiger partial charge in [-0.15, -0.1) is 0 Å².